The second-order valence-corrected chi connectivity index (χ2v) is 6.15. The van der Waals surface area contributed by atoms with Crippen molar-refractivity contribution in [3.63, 3.8) is 0 Å². The van der Waals surface area contributed by atoms with Crippen LogP contribution >= 0.6 is 11.3 Å². The van der Waals surface area contributed by atoms with E-state index >= 15 is 0 Å². The van der Waals surface area contributed by atoms with Crippen molar-refractivity contribution in [2.45, 2.75) is 25.8 Å². The summed E-state index contributed by atoms with van der Waals surface area (Å²) in [6.07, 6.45) is 1.10. The van der Waals surface area contributed by atoms with Crippen molar-refractivity contribution in [3.05, 3.63) is 40.2 Å². The lowest BCUT2D eigenvalue weighted by Crippen LogP contribution is -2.11. The maximum Gasteiger partial charge on any atom is 0.0990 e. The highest BCUT2D eigenvalue weighted by Crippen LogP contribution is 2.34. The summed E-state index contributed by atoms with van der Waals surface area (Å²) in [5, 5.41) is 4.65. The molecule has 0 saturated carbocycles. The molecule has 2 heterocycles. The van der Waals surface area contributed by atoms with Crippen LogP contribution in [0.3, 0.4) is 0 Å². The number of hydrogen-bond donors (Lipinski definition) is 1. The van der Waals surface area contributed by atoms with Gasteiger partial charge in [-0.1, -0.05) is 37.3 Å². The van der Waals surface area contributed by atoms with Crippen LogP contribution in [-0.4, -0.2) is 24.7 Å². The molecule has 3 rings (SSSR count). The summed E-state index contributed by atoms with van der Waals surface area (Å²) in [6, 6.07) is 10.5. The van der Waals surface area contributed by atoms with Gasteiger partial charge >= 0.3 is 0 Å². The summed E-state index contributed by atoms with van der Waals surface area (Å²) in [5.41, 5.74) is 2.35. The van der Waals surface area contributed by atoms with Crippen molar-refractivity contribution in [1.29, 1.82) is 0 Å². The Balaban J connectivity index is 1.93. The molecule has 0 aliphatic carbocycles. The molecular formula is C16H20N2OS. The van der Waals surface area contributed by atoms with Crippen LogP contribution in [0.25, 0.3) is 11.3 Å². The fraction of sp³-hybridized carbons (Fsp3) is 0.438. The molecule has 20 heavy (non-hydrogen) atoms. The van der Waals surface area contributed by atoms with Gasteiger partial charge in [0.05, 0.1) is 17.3 Å². The number of benzene rings is 1. The first kappa shape index (κ1) is 13.7. The zero-order chi connectivity index (χ0) is 13.8. The Morgan fingerprint density at radius 3 is 2.90 bits per heavy atom. The van der Waals surface area contributed by atoms with Crippen LogP contribution in [0.1, 0.15) is 29.1 Å². The SMILES string of the molecule is CCNCc1sc(C2CCOC2)nc1-c1ccccc1. The lowest BCUT2D eigenvalue weighted by atomic mass is 10.1. The highest BCUT2D eigenvalue weighted by molar-refractivity contribution is 7.12. The summed E-state index contributed by atoms with van der Waals surface area (Å²) in [6.45, 7) is 5.70. The lowest BCUT2D eigenvalue weighted by molar-refractivity contribution is 0.194. The van der Waals surface area contributed by atoms with Gasteiger partial charge < -0.3 is 10.1 Å². The molecule has 0 amide bonds. The third-order valence-corrected chi connectivity index (χ3v) is 4.79. The molecule has 0 spiro atoms. The van der Waals surface area contributed by atoms with Gasteiger partial charge in [0.2, 0.25) is 0 Å². The molecule has 2 aromatic rings. The van der Waals surface area contributed by atoms with Crippen LogP contribution in [0.15, 0.2) is 30.3 Å². The molecule has 1 aliphatic rings. The van der Waals surface area contributed by atoms with Crippen LogP contribution < -0.4 is 5.32 Å². The van der Waals surface area contributed by atoms with Crippen molar-refractivity contribution in [2.24, 2.45) is 0 Å². The minimum absolute atomic E-state index is 0.484. The van der Waals surface area contributed by atoms with Crippen LogP contribution in [0, 0.1) is 0 Å². The fourth-order valence-electron chi connectivity index (χ4n) is 2.45. The van der Waals surface area contributed by atoms with Crippen LogP contribution in [0.2, 0.25) is 0 Å². The average Bonchev–Trinajstić information content (AvgIpc) is 3.15. The third-order valence-electron chi connectivity index (χ3n) is 3.58. The number of aromatic nitrogens is 1. The van der Waals surface area contributed by atoms with Crippen molar-refractivity contribution in [2.75, 3.05) is 19.8 Å². The summed E-state index contributed by atoms with van der Waals surface area (Å²) in [7, 11) is 0. The van der Waals surface area contributed by atoms with E-state index < -0.39 is 0 Å². The largest absolute Gasteiger partial charge is 0.381 e. The zero-order valence-electron chi connectivity index (χ0n) is 11.8. The second kappa shape index (κ2) is 6.48. The van der Waals surface area contributed by atoms with Gasteiger partial charge in [-0.25, -0.2) is 4.98 Å². The Morgan fingerprint density at radius 1 is 1.35 bits per heavy atom. The van der Waals surface area contributed by atoms with Crippen molar-refractivity contribution in [1.82, 2.24) is 10.3 Å². The zero-order valence-corrected chi connectivity index (χ0v) is 12.6. The maximum atomic E-state index is 5.50. The van der Waals surface area contributed by atoms with Gasteiger partial charge in [0.1, 0.15) is 0 Å². The fourth-order valence-corrected chi connectivity index (χ4v) is 3.63. The van der Waals surface area contributed by atoms with Gasteiger partial charge in [-0.15, -0.1) is 11.3 Å². The molecule has 1 aromatic heterocycles. The molecule has 3 nitrogen and oxygen atoms in total. The number of hydrogen-bond acceptors (Lipinski definition) is 4. The Labute approximate surface area is 124 Å². The highest BCUT2D eigenvalue weighted by Gasteiger charge is 2.23. The van der Waals surface area contributed by atoms with Crippen LogP contribution in [0.4, 0.5) is 0 Å². The standard InChI is InChI=1S/C16H20N2OS/c1-2-17-10-14-15(12-6-4-3-5-7-12)18-16(20-14)13-8-9-19-11-13/h3-7,13,17H,2,8-11H2,1H3. The number of ether oxygens (including phenoxy) is 1. The minimum atomic E-state index is 0.484. The molecule has 1 N–H and O–H groups in total. The number of thiazole rings is 1. The molecule has 4 heteroatoms. The second-order valence-electron chi connectivity index (χ2n) is 5.03. The lowest BCUT2D eigenvalue weighted by Gasteiger charge is -2.02. The van der Waals surface area contributed by atoms with Crippen molar-refractivity contribution < 1.29 is 4.74 Å². The smallest absolute Gasteiger partial charge is 0.0990 e. The first-order valence-corrected chi connectivity index (χ1v) is 8.03. The van der Waals surface area contributed by atoms with Gasteiger partial charge in [-0.05, 0) is 13.0 Å². The van der Waals surface area contributed by atoms with E-state index in [1.807, 2.05) is 17.4 Å². The topological polar surface area (TPSA) is 34.1 Å². The van der Waals surface area contributed by atoms with Crippen molar-refractivity contribution in [3.8, 4) is 11.3 Å². The van der Waals surface area contributed by atoms with Crippen LogP contribution in [0.5, 0.6) is 0 Å². The van der Waals surface area contributed by atoms with E-state index in [4.69, 9.17) is 9.72 Å². The summed E-state index contributed by atoms with van der Waals surface area (Å²) in [5.74, 6) is 0.484. The Morgan fingerprint density at radius 2 is 2.20 bits per heavy atom. The normalized spacial score (nSPS) is 18.6. The quantitative estimate of drug-likeness (QED) is 0.915. The highest BCUT2D eigenvalue weighted by atomic mass is 32.1. The average molecular weight is 288 g/mol. The summed E-state index contributed by atoms with van der Waals surface area (Å²) in [4.78, 5) is 6.25. The van der Waals surface area contributed by atoms with Gasteiger partial charge in [0.15, 0.2) is 0 Å². The molecule has 1 fully saturated rings. The molecule has 1 saturated heterocycles. The third kappa shape index (κ3) is 2.92. The predicted octanol–water partition coefficient (Wildman–Crippen LogP) is 3.42. The Hall–Kier alpha value is -1.23. The predicted molar refractivity (Wildman–Crippen MR) is 83.1 cm³/mol. The molecule has 1 atom stereocenters. The van der Waals surface area contributed by atoms with Gasteiger partial charge in [0.25, 0.3) is 0 Å². The molecule has 1 aromatic carbocycles. The van der Waals surface area contributed by atoms with E-state index in [-0.39, 0.29) is 0 Å². The van der Waals surface area contributed by atoms with E-state index in [1.165, 1.54) is 15.4 Å². The molecule has 1 aliphatic heterocycles. The van der Waals surface area contributed by atoms with Gasteiger partial charge in [-0.3, -0.25) is 0 Å². The molecular weight excluding hydrogens is 268 g/mol. The van der Waals surface area contributed by atoms with E-state index in [2.05, 4.69) is 36.5 Å². The van der Waals surface area contributed by atoms with Gasteiger partial charge in [0, 0.05) is 29.5 Å². The number of nitrogens with one attached hydrogen (secondary N) is 1. The van der Waals surface area contributed by atoms with E-state index in [1.54, 1.807) is 0 Å². The molecule has 1 unspecified atom stereocenters. The van der Waals surface area contributed by atoms with E-state index in [0.29, 0.717) is 5.92 Å². The van der Waals surface area contributed by atoms with Gasteiger partial charge in [-0.2, -0.15) is 0 Å². The number of nitrogens with zero attached hydrogens (tertiary/aromatic N) is 1. The maximum absolute atomic E-state index is 5.50. The van der Waals surface area contributed by atoms with E-state index in [0.717, 1.165) is 38.4 Å². The first-order chi connectivity index (χ1) is 9.88. The summed E-state index contributed by atoms with van der Waals surface area (Å²) < 4.78 is 5.50. The van der Waals surface area contributed by atoms with E-state index in [9.17, 15) is 0 Å². The molecule has 106 valence electrons. The molecule has 0 bridgehead atoms. The van der Waals surface area contributed by atoms with Crippen molar-refractivity contribution >= 4 is 11.3 Å². The molecule has 0 radical (unpaired) electrons. The van der Waals surface area contributed by atoms with Crippen LogP contribution in [-0.2, 0) is 11.3 Å². The monoisotopic (exact) mass is 288 g/mol. The minimum Gasteiger partial charge on any atom is -0.381 e. The Bertz CT molecular complexity index is 547. The summed E-state index contributed by atoms with van der Waals surface area (Å²) >= 11 is 1.84. The Kier molecular flexibility index (Phi) is 4.45. The number of rotatable bonds is 5. The first-order valence-electron chi connectivity index (χ1n) is 7.22.